The van der Waals surface area contributed by atoms with Crippen LogP contribution in [0.4, 0.5) is 5.69 Å². The summed E-state index contributed by atoms with van der Waals surface area (Å²) < 4.78 is 51.0. The summed E-state index contributed by atoms with van der Waals surface area (Å²) in [5.74, 6) is -0.491. The molecule has 7 nitrogen and oxygen atoms in total. The minimum absolute atomic E-state index is 0.0859. The minimum atomic E-state index is -3.98. The smallest absolute Gasteiger partial charge is 0.264 e. The highest BCUT2D eigenvalue weighted by atomic mass is 32.2. The zero-order chi connectivity index (χ0) is 24.2. The Hall–Kier alpha value is -3.17. The Morgan fingerprint density at radius 2 is 1.42 bits per heavy atom. The number of sulfonamides is 1. The second kappa shape index (κ2) is 9.76. The highest BCUT2D eigenvalue weighted by molar-refractivity contribution is 7.93. The Morgan fingerprint density at radius 1 is 0.848 bits per heavy atom. The first-order chi connectivity index (χ1) is 15.5. The van der Waals surface area contributed by atoms with Gasteiger partial charge in [-0.05, 0) is 55.8 Å². The van der Waals surface area contributed by atoms with Crippen molar-refractivity contribution >= 4 is 31.5 Å². The van der Waals surface area contributed by atoms with Crippen LogP contribution in [0.2, 0.25) is 0 Å². The van der Waals surface area contributed by atoms with Gasteiger partial charge in [-0.1, -0.05) is 48.0 Å². The van der Waals surface area contributed by atoms with E-state index in [0.717, 1.165) is 16.1 Å². The van der Waals surface area contributed by atoms with Crippen molar-refractivity contribution < 1.29 is 21.6 Å². The summed E-state index contributed by atoms with van der Waals surface area (Å²) in [6, 6.07) is 20.6. The van der Waals surface area contributed by atoms with Crippen LogP contribution in [0.5, 0.6) is 0 Å². The molecule has 3 aromatic rings. The number of benzene rings is 3. The fourth-order valence-corrected chi connectivity index (χ4v) is 5.32. The number of carbonyl (C=O) groups is 1. The van der Waals surface area contributed by atoms with Crippen LogP contribution in [0.15, 0.2) is 88.7 Å². The Labute approximate surface area is 195 Å². The molecule has 0 spiro atoms. The largest absolute Gasteiger partial charge is 0.348 e. The van der Waals surface area contributed by atoms with E-state index in [4.69, 9.17) is 0 Å². The Morgan fingerprint density at radius 3 is 1.97 bits per heavy atom. The maximum atomic E-state index is 13.3. The molecule has 9 heteroatoms. The number of hydrogen-bond acceptors (Lipinski definition) is 5. The fraction of sp³-hybridized carbons (Fsp3) is 0.208. The van der Waals surface area contributed by atoms with Crippen molar-refractivity contribution in [3.8, 4) is 0 Å². The van der Waals surface area contributed by atoms with Gasteiger partial charge in [0.25, 0.3) is 10.0 Å². The molecule has 174 valence electrons. The lowest BCUT2D eigenvalue weighted by atomic mass is 10.1. The van der Waals surface area contributed by atoms with E-state index < -0.39 is 38.4 Å². The molecule has 0 heterocycles. The molecule has 0 saturated carbocycles. The van der Waals surface area contributed by atoms with Gasteiger partial charge in [0.1, 0.15) is 6.54 Å². The molecule has 0 aromatic heterocycles. The van der Waals surface area contributed by atoms with Crippen molar-refractivity contribution in [1.82, 2.24) is 5.32 Å². The number of sulfone groups is 1. The molecule has 0 fully saturated rings. The standard InChI is InChI=1S/C24H26N2O5S2/c1-18-9-13-21(14-10-18)26(33(30,31)23-7-5-4-6-8-23)17-24(27)25-19(2)20-11-15-22(16-12-20)32(3,28)29/h4-16,19H,17H2,1-3H3,(H,25,27). The van der Waals surface area contributed by atoms with Gasteiger partial charge in [-0.3, -0.25) is 9.10 Å². The van der Waals surface area contributed by atoms with Crippen molar-refractivity contribution in [3.05, 3.63) is 90.0 Å². The van der Waals surface area contributed by atoms with Gasteiger partial charge >= 0.3 is 0 Å². The fourth-order valence-electron chi connectivity index (χ4n) is 3.25. The molecule has 0 saturated heterocycles. The second-order valence-corrected chi connectivity index (χ2v) is 11.7. The van der Waals surface area contributed by atoms with Crippen LogP contribution in [0.25, 0.3) is 0 Å². The number of carbonyl (C=O) groups excluding carboxylic acids is 1. The van der Waals surface area contributed by atoms with Crippen LogP contribution < -0.4 is 9.62 Å². The number of anilines is 1. The van der Waals surface area contributed by atoms with Crippen molar-refractivity contribution in [2.45, 2.75) is 29.7 Å². The molecule has 0 radical (unpaired) electrons. The van der Waals surface area contributed by atoms with Gasteiger partial charge in [-0.25, -0.2) is 16.8 Å². The highest BCUT2D eigenvalue weighted by Crippen LogP contribution is 2.24. The van der Waals surface area contributed by atoms with Crippen LogP contribution >= 0.6 is 0 Å². The van der Waals surface area contributed by atoms with Crippen LogP contribution in [0.1, 0.15) is 24.1 Å². The summed E-state index contributed by atoms with van der Waals surface area (Å²) in [4.78, 5) is 13.1. The van der Waals surface area contributed by atoms with Crippen molar-refractivity contribution in [2.75, 3.05) is 17.1 Å². The first-order valence-electron chi connectivity index (χ1n) is 10.2. The molecule has 0 bridgehead atoms. The molecular formula is C24H26N2O5S2. The Bertz CT molecular complexity index is 1320. The van der Waals surface area contributed by atoms with Gasteiger partial charge in [0, 0.05) is 6.26 Å². The molecule has 0 aliphatic carbocycles. The number of nitrogens with one attached hydrogen (secondary N) is 1. The molecule has 1 atom stereocenters. The van der Waals surface area contributed by atoms with Crippen LogP contribution in [0.3, 0.4) is 0 Å². The maximum Gasteiger partial charge on any atom is 0.264 e. The molecule has 1 N–H and O–H groups in total. The van der Waals surface area contributed by atoms with E-state index in [1.807, 2.05) is 6.92 Å². The summed E-state index contributed by atoms with van der Waals surface area (Å²) in [5.41, 5.74) is 2.04. The number of hydrogen-bond donors (Lipinski definition) is 1. The Balaban J connectivity index is 1.84. The van der Waals surface area contributed by atoms with Gasteiger partial charge in [0.2, 0.25) is 5.91 Å². The molecule has 1 unspecified atom stereocenters. The Kier molecular flexibility index (Phi) is 7.24. The number of aryl methyl sites for hydroxylation is 1. The summed E-state index contributed by atoms with van der Waals surface area (Å²) >= 11 is 0. The number of amides is 1. The summed E-state index contributed by atoms with van der Waals surface area (Å²) in [7, 11) is -7.30. The van der Waals surface area contributed by atoms with E-state index in [1.165, 1.54) is 24.3 Å². The molecule has 3 rings (SSSR count). The maximum absolute atomic E-state index is 13.3. The van der Waals surface area contributed by atoms with E-state index >= 15 is 0 Å². The van der Waals surface area contributed by atoms with Crippen molar-refractivity contribution in [2.24, 2.45) is 0 Å². The first kappa shape index (κ1) is 24.5. The molecule has 3 aromatic carbocycles. The third-order valence-corrected chi connectivity index (χ3v) is 8.04. The number of rotatable bonds is 8. The van der Waals surface area contributed by atoms with Crippen molar-refractivity contribution in [3.63, 3.8) is 0 Å². The molecule has 0 aliphatic rings. The predicted molar refractivity (Wildman–Crippen MR) is 128 cm³/mol. The van der Waals surface area contributed by atoms with Crippen LogP contribution in [-0.4, -0.2) is 35.5 Å². The molecular weight excluding hydrogens is 460 g/mol. The zero-order valence-electron chi connectivity index (χ0n) is 18.6. The van der Waals surface area contributed by atoms with Gasteiger partial charge in [0.15, 0.2) is 9.84 Å². The lowest BCUT2D eigenvalue weighted by molar-refractivity contribution is -0.120. The van der Waals surface area contributed by atoms with Gasteiger partial charge in [-0.2, -0.15) is 0 Å². The third-order valence-electron chi connectivity index (χ3n) is 5.13. The summed E-state index contributed by atoms with van der Waals surface area (Å²) in [5, 5.41) is 2.80. The van der Waals surface area contributed by atoms with Gasteiger partial charge in [-0.15, -0.1) is 0 Å². The second-order valence-electron chi connectivity index (χ2n) is 7.79. The van der Waals surface area contributed by atoms with Crippen LogP contribution in [0, 0.1) is 6.92 Å². The average molecular weight is 487 g/mol. The highest BCUT2D eigenvalue weighted by Gasteiger charge is 2.27. The first-order valence-corrected chi connectivity index (χ1v) is 13.6. The molecule has 1 amide bonds. The summed E-state index contributed by atoms with van der Waals surface area (Å²) in [6.07, 6.45) is 1.13. The topological polar surface area (TPSA) is 101 Å². The van der Waals surface area contributed by atoms with E-state index in [2.05, 4.69) is 5.32 Å². The SMILES string of the molecule is Cc1ccc(N(CC(=O)NC(C)c2ccc(S(C)(=O)=O)cc2)S(=O)(=O)c2ccccc2)cc1. The van der Waals surface area contributed by atoms with E-state index in [1.54, 1.807) is 61.5 Å². The van der Waals surface area contributed by atoms with E-state index in [0.29, 0.717) is 11.3 Å². The quantitative estimate of drug-likeness (QED) is 0.525. The predicted octanol–water partition coefficient (Wildman–Crippen LogP) is 3.47. The molecule has 33 heavy (non-hydrogen) atoms. The number of nitrogens with zero attached hydrogens (tertiary/aromatic N) is 1. The van der Waals surface area contributed by atoms with Crippen molar-refractivity contribution in [1.29, 1.82) is 0 Å². The molecule has 0 aliphatic heterocycles. The third kappa shape index (κ3) is 6.00. The van der Waals surface area contributed by atoms with Gasteiger partial charge in [0.05, 0.1) is 21.5 Å². The summed E-state index contributed by atoms with van der Waals surface area (Å²) in [6.45, 7) is 3.23. The monoisotopic (exact) mass is 486 g/mol. The van der Waals surface area contributed by atoms with Crippen LogP contribution in [-0.2, 0) is 24.7 Å². The van der Waals surface area contributed by atoms with E-state index in [-0.39, 0.29) is 9.79 Å². The lowest BCUT2D eigenvalue weighted by Crippen LogP contribution is -2.41. The zero-order valence-corrected chi connectivity index (χ0v) is 20.2. The average Bonchev–Trinajstić information content (AvgIpc) is 2.78. The normalized spacial score (nSPS) is 12.7. The van der Waals surface area contributed by atoms with E-state index in [9.17, 15) is 21.6 Å². The van der Waals surface area contributed by atoms with Gasteiger partial charge < -0.3 is 5.32 Å². The lowest BCUT2D eigenvalue weighted by Gasteiger charge is -2.25. The minimum Gasteiger partial charge on any atom is -0.348 e.